The van der Waals surface area contributed by atoms with E-state index in [1.54, 1.807) is 18.2 Å². The molecule has 102 valence electrons. The van der Waals surface area contributed by atoms with Gasteiger partial charge in [0, 0.05) is 11.6 Å². The minimum atomic E-state index is -0.406. The number of methoxy groups -OCH3 is 1. The van der Waals surface area contributed by atoms with Gasteiger partial charge >= 0.3 is 5.97 Å². The zero-order valence-corrected chi connectivity index (χ0v) is 11.5. The van der Waals surface area contributed by atoms with E-state index in [4.69, 9.17) is 0 Å². The van der Waals surface area contributed by atoms with Gasteiger partial charge in [-0.05, 0) is 35.8 Å². The van der Waals surface area contributed by atoms with E-state index >= 15 is 0 Å². The van der Waals surface area contributed by atoms with Gasteiger partial charge in [-0.25, -0.2) is 4.79 Å². The van der Waals surface area contributed by atoms with E-state index in [1.165, 1.54) is 13.2 Å². The highest BCUT2D eigenvalue weighted by atomic mass is 16.5. The fourth-order valence-corrected chi connectivity index (χ4v) is 2.06. The highest BCUT2D eigenvalue weighted by molar-refractivity contribution is 5.90. The summed E-state index contributed by atoms with van der Waals surface area (Å²) in [7, 11) is 1.34. The van der Waals surface area contributed by atoms with E-state index in [0.717, 1.165) is 22.3 Å². The van der Waals surface area contributed by atoms with Crippen molar-refractivity contribution >= 4 is 12.0 Å². The smallest absolute Gasteiger partial charge is 0.330 e. The molecule has 2 aromatic rings. The second-order valence-corrected chi connectivity index (χ2v) is 4.41. The molecule has 0 atom stereocenters. The highest BCUT2D eigenvalue weighted by Crippen LogP contribution is 2.33. The van der Waals surface area contributed by atoms with Gasteiger partial charge in [-0.3, -0.25) is 0 Å². The lowest BCUT2D eigenvalue weighted by Crippen LogP contribution is -1.94. The standard InChI is InChI=1S/C17H16O3/c1-12-6-5-8-14(13(12)10-11-17(19)20-2)15-7-3-4-9-16(15)18/h3-11,18H,1-2H3/b11-10+. The minimum absolute atomic E-state index is 0.214. The first-order valence-corrected chi connectivity index (χ1v) is 6.27. The second-order valence-electron chi connectivity index (χ2n) is 4.41. The number of aryl methyl sites for hydroxylation is 1. The van der Waals surface area contributed by atoms with Crippen molar-refractivity contribution in [1.29, 1.82) is 0 Å². The van der Waals surface area contributed by atoms with Crippen molar-refractivity contribution in [3.63, 3.8) is 0 Å². The molecule has 0 aliphatic heterocycles. The third kappa shape index (κ3) is 2.88. The maximum absolute atomic E-state index is 11.3. The lowest BCUT2D eigenvalue weighted by Gasteiger charge is -2.11. The fourth-order valence-electron chi connectivity index (χ4n) is 2.06. The van der Waals surface area contributed by atoms with Crippen molar-refractivity contribution in [3.05, 3.63) is 59.7 Å². The molecule has 0 saturated carbocycles. The number of aromatic hydroxyl groups is 1. The molecule has 3 heteroatoms. The largest absolute Gasteiger partial charge is 0.507 e. The first kappa shape index (κ1) is 13.9. The lowest BCUT2D eigenvalue weighted by molar-refractivity contribution is -0.134. The van der Waals surface area contributed by atoms with Gasteiger partial charge in [0.15, 0.2) is 0 Å². The molecular formula is C17H16O3. The molecule has 0 aliphatic carbocycles. The highest BCUT2D eigenvalue weighted by Gasteiger charge is 2.09. The van der Waals surface area contributed by atoms with Crippen LogP contribution < -0.4 is 0 Å². The molecule has 20 heavy (non-hydrogen) atoms. The van der Waals surface area contributed by atoms with E-state index in [9.17, 15) is 9.90 Å². The predicted molar refractivity (Wildman–Crippen MR) is 79.3 cm³/mol. The molecule has 3 nitrogen and oxygen atoms in total. The SMILES string of the molecule is COC(=O)/C=C/c1c(C)cccc1-c1ccccc1O. The maximum atomic E-state index is 11.3. The van der Waals surface area contributed by atoms with Crippen LogP contribution in [-0.2, 0) is 9.53 Å². The number of hydrogen-bond donors (Lipinski definition) is 1. The van der Waals surface area contributed by atoms with Gasteiger partial charge in [-0.2, -0.15) is 0 Å². The van der Waals surface area contributed by atoms with Crippen molar-refractivity contribution in [2.75, 3.05) is 7.11 Å². The molecular weight excluding hydrogens is 252 g/mol. The van der Waals surface area contributed by atoms with Crippen LogP contribution in [0.5, 0.6) is 5.75 Å². The van der Waals surface area contributed by atoms with Gasteiger partial charge in [0.05, 0.1) is 7.11 Å². The molecule has 0 bridgehead atoms. The maximum Gasteiger partial charge on any atom is 0.330 e. The summed E-state index contributed by atoms with van der Waals surface area (Å²) in [6.07, 6.45) is 3.09. The monoisotopic (exact) mass is 268 g/mol. The molecule has 0 fully saturated rings. The summed E-state index contributed by atoms with van der Waals surface area (Å²) in [4.78, 5) is 11.3. The molecule has 0 radical (unpaired) electrons. The summed E-state index contributed by atoms with van der Waals surface area (Å²) in [5.74, 6) is -0.192. The number of carbonyl (C=O) groups excluding carboxylic acids is 1. The van der Waals surface area contributed by atoms with Crippen LogP contribution in [0.3, 0.4) is 0 Å². The summed E-state index contributed by atoms with van der Waals surface area (Å²) in [6.45, 7) is 1.96. The van der Waals surface area contributed by atoms with Crippen LogP contribution in [0.4, 0.5) is 0 Å². The van der Waals surface area contributed by atoms with Gasteiger partial charge in [0.25, 0.3) is 0 Å². The Morgan fingerprint density at radius 2 is 1.80 bits per heavy atom. The van der Waals surface area contributed by atoms with Crippen molar-refractivity contribution in [1.82, 2.24) is 0 Å². The van der Waals surface area contributed by atoms with Crippen molar-refractivity contribution in [3.8, 4) is 16.9 Å². The number of rotatable bonds is 3. The van der Waals surface area contributed by atoms with E-state index in [1.807, 2.05) is 37.3 Å². The summed E-state index contributed by atoms with van der Waals surface area (Å²) in [5.41, 5.74) is 3.52. The minimum Gasteiger partial charge on any atom is -0.507 e. The topological polar surface area (TPSA) is 46.5 Å². The molecule has 0 amide bonds. The fraction of sp³-hybridized carbons (Fsp3) is 0.118. The third-order valence-corrected chi connectivity index (χ3v) is 3.11. The molecule has 0 heterocycles. The first-order valence-electron chi connectivity index (χ1n) is 6.27. The van der Waals surface area contributed by atoms with E-state index in [-0.39, 0.29) is 5.75 Å². The number of ether oxygens (including phenoxy) is 1. The molecule has 0 spiro atoms. The normalized spacial score (nSPS) is 10.7. The van der Waals surface area contributed by atoms with Crippen LogP contribution in [0, 0.1) is 6.92 Å². The average molecular weight is 268 g/mol. The van der Waals surface area contributed by atoms with Gasteiger partial charge in [0.2, 0.25) is 0 Å². The Bertz CT molecular complexity index is 657. The Hall–Kier alpha value is -2.55. The molecule has 2 rings (SSSR count). The Kier molecular flexibility index (Phi) is 4.20. The van der Waals surface area contributed by atoms with Gasteiger partial charge in [0.1, 0.15) is 5.75 Å². The van der Waals surface area contributed by atoms with Crippen LogP contribution in [0.2, 0.25) is 0 Å². The Morgan fingerprint density at radius 1 is 1.10 bits per heavy atom. The van der Waals surface area contributed by atoms with E-state index < -0.39 is 5.97 Å². The summed E-state index contributed by atoms with van der Waals surface area (Å²) < 4.78 is 4.61. The van der Waals surface area contributed by atoms with E-state index in [2.05, 4.69) is 4.74 Å². The molecule has 0 unspecified atom stereocenters. The van der Waals surface area contributed by atoms with Crippen molar-refractivity contribution < 1.29 is 14.6 Å². The summed E-state index contributed by atoms with van der Waals surface area (Å²) in [5, 5.41) is 9.99. The number of para-hydroxylation sites is 1. The molecule has 1 N–H and O–H groups in total. The zero-order valence-electron chi connectivity index (χ0n) is 11.5. The summed E-state index contributed by atoms with van der Waals surface area (Å²) >= 11 is 0. The lowest BCUT2D eigenvalue weighted by atomic mass is 9.95. The summed E-state index contributed by atoms with van der Waals surface area (Å²) in [6, 6.07) is 12.9. The van der Waals surface area contributed by atoms with Crippen molar-refractivity contribution in [2.45, 2.75) is 6.92 Å². The molecule has 0 aromatic heterocycles. The van der Waals surface area contributed by atoms with Crippen LogP contribution >= 0.6 is 0 Å². The average Bonchev–Trinajstić information content (AvgIpc) is 2.46. The molecule has 0 aliphatic rings. The number of benzene rings is 2. The molecule has 2 aromatic carbocycles. The second kappa shape index (κ2) is 6.06. The molecule has 0 saturated heterocycles. The van der Waals surface area contributed by atoms with Crippen LogP contribution in [0.15, 0.2) is 48.5 Å². The Morgan fingerprint density at radius 3 is 2.50 bits per heavy atom. The first-order chi connectivity index (χ1) is 9.63. The van der Waals surface area contributed by atoms with E-state index in [0.29, 0.717) is 0 Å². The van der Waals surface area contributed by atoms with Gasteiger partial charge in [-0.15, -0.1) is 0 Å². The van der Waals surface area contributed by atoms with Crippen LogP contribution in [0.25, 0.3) is 17.2 Å². The number of carbonyl (C=O) groups is 1. The Balaban J connectivity index is 2.55. The van der Waals surface area contributed by atoms with Crippen LogP contribution in [-0.4, -0.2) is 18.2 Å². The Labute approximate surface area is 118 Å². The van der Waals surface area contributed by atoms with Crippen LogP contribution in [0.1, 0.15) is 11.1 Å². The zero-order chi connectivity index (χ0) is 14.5. The quantitative estimate of drug-likeness (QED) is 0.684. The number of phenolic OH excluding ortho intramolecular Hbond substituents is 1. The number of phenols is 1. The third-order valence-electron chi connectivity index (χ3n) is 3.11. The number of hydrogen-bond acceptors (Lipinski definition) is 3. The number of esters is 1. The van der Waals surface area contributed by atoms with Gasteiger partial charge in [-0.1, -0.05) is 36.4 Å². The van der Waals surface area contributed by atoms with Gasteiger partial charge < -0.3 is 9.84 Å². The van der Waals surface area contributed by atoms with Crippen molar-refractivity contribution in [2.24, 2.45) is 0 Å². The predicted octanol–water partition coefficient (Wildman–Crippen LogP) is 3.55.